The summed E-state index contributed by atoms with van der Waals surface area (Å²) in [6.45, 7) is 0.118. The molecule has 0 unspecified atom stereocenters. The van der Waals surface area contributed by atoms with Crippen LogP contribution < -0.4 is 5.32 Å². The standard InChI is InChI=1S/C20H19FN2O2S/c21-16-9-5-4-6-14(16)12-22-19(25)17-13-26-20(11-10-18(24)23(17)20)15-7-2-1-3-8-15/h1-9,17H,10-13H2,(H,22,25)/t17-,20-/m1/s1. The van der Waals surface area contributed by atoms with E-state index in [0.29, 0.717) is 24.2 Å². The Morgan fingerprint density at radius 1 is 1.19 bits per heavy atom. The van der Waals surface area contributed by atoms with Crippen molar-refractivity contribution in [1.29, 1.82) is 0 Å². The van der Waals surface area contributed by atoms with Gasteiger partial charge in [-0.05, 0) is 18.1 Å². The molecular formula is C20H19FN2O2S. The molecule has 4 rings (SSSR count). The van der Waals surface area contributed by atoms with E-state index in [0.717, 1.165) is 5.56 Å². The molecule has 2 fully saturated rings. The number of nitrogens with zero attached hydrogens (tertiary/aromatic N) is 1. The van der Waals surface area contributed by atoms with E-state index in [1.807, 2.05) is 30.3 Å². The highest BCUT2D eigenvalue weighted by molar-refractivity contribution is 8.00. The van der Waals surface area contributed by atoms with E-state index in [1.165, 1.54) is 6.07 Å². The van der Waals surface area contributed by atoms with Gasteiger partial charge in [0.15, 0.2) is 0 Å². The van der Waals surface area contributed by atoms with E-state index in [9.17, 15) is 14.0 Å². The van der Waals surface area contributed by atoms with Crippen LogP contribution in [-0.4, -0.2) is 28.5 Å². The second kappa shape index (κ2) is 6.76. The molecule has 134 valence electrons. The highest BCUT2D eigenvalue weighted by atomic mass is 32.2. The summed E-state index contributed by atoms with van der Waals surface area (Å²) in [5.41, 5.74) is 1.49. The molecule has 2 saturated heterocycles. The van der Waals surface area contributed by atoms with Crippen LogP contribution >= 0.6 is 11.8 Å². The molecule has 2 aliphatic heterocycles. The van der Waals surface area contributed by atoms with E-state index in [2.05, 4.69) is 5.32 Å². The molecule has 2 heterocycles. The largest absolute Gasteiger partial charge is 0.350 e. The third-order valence-electron chi connectivity index (χ3n) is 5.07. The second-order valence-corrected chi connectivity index (χ2v) is 7.85. The summed E-state index contributed by atoms with van der Waals surface area (Å²) < 4.78 is 13.8. The van der Waals surface area contributed by atoms with E-state index < -0.39 is 10.9 Å². The number of carbonyl (C=O) groups excluding carboxylic acids is 2. The molecular weight excluding hydrogens is 351 g/mol. The lowest BCUT2D eigenvalue weighted by atomic mass is 10.0. The predicted molar refractivity (Wildman–Crippen MR) is 98.7 cm³/mol. The Balaban J connectivity index is 1.54. The van der Waals surface area contributed by atoms with Gasteiger partial charge in [-0.25, -0.2) is 4.39 Å². The SMILES string of the molecule is O=C(NCc1ccccc1F)[C@H]1CS[C@@]2(c3ccccc3)CCC(=O)N12. The van der Waals surface area contributed by atoms with Crippen molar-refractivity contribution in [2.45, 2.75) is 30.3 Å². The Labute approximate surface area is 155 Å². The normalized spacial score (nSPS) is 24.6. The zero-order valence-corrected chi connectivity index (χ0v) is 15.0. The lowest BCUT2D eigenvalue weighted by molar-refractivity contribution is -0.138. The zero-order valence-electron chi connectivity index (χ0n) is 14.2. The average Bonchev–Trinajstić information content (AvgIpc) is 3.21. The highest BCUT2D eigenvalue weighted by Crippen LogP contribution is 2.54. The molecule has 2 aromatic carbocycles. The molecule has 0 aromatic heterocycles. The van der Waals surface area contributed by atoms with Crippen LogP contribution in [0.2, 0.25) is 0 Å². The first kappa shape index (κ1) is 17.1. The minimum Gasteiger partial charge on any atom is -0.350 e. The minimum atomic E-state index is -0.526. The van der Waals surface area contributed by atoms with Crippen LogP contribution in [0.25, 0.3) is 0 Å². The van der Waals surface area contributed by atoms with Crippen LogP contribution in [0.5, 0.6) is 0 Å². The van der Waals surface area contributed by atoms with Gasteiger partial charge in [0.2, 0.25) is 11.8 Å². The predicted octanol–water partition coefficient (Wildman–Crippen LogP) is 3.03. The van der Waals surface area contributed by atoms with Gasteiger partial charge in [0, 0.05) is 24.3 Å². The Hall–Kier alpha value is -2.34. The number of halogens is 1. The Kier molecular flexibility index (Phi) is 4.44. The van der Waals surface area contributed by atoms with Crippen molar-refractivity contribution in [3.05, 3.63) is 71.5 Å². The molecule has 1 N–H and O–H groups in total. The van der Waals surface area contributed by atoms with Crippen LogP contribution in [0.4, 0.5) is 4.39 Å². The molecule has 6 heteroatoms. The van der Waals surface area contributed by atoms with Gasteiger partial charge >= 0.3 is 0 Å². The van der Waals surface area contributed by atoms with Crippen LogP contribution in [-0.2, 0) is 21.0 Å². The number of thioether (sulfide) groups is 1. The van der Waals surface area contributed by atoms with Gasteiger partial charge in [-0.3, -0.25) is 9.59 Å². The molecule has 0 aliphatic carbocycles. The number of amides is 2. The van der Waals surface area contributed by atoms with Gasteiger partial charge in [0.05, 0.1) is 0 Å². The van der Waals surface area contributed by atoms with Gasteiger partial charge in [-0.15, -0.1) is 11.8 Å². The number of hydrogen-bond donors (Lipinski definition) is 1. The van der Waals surface area contributed by atoms with Crippen molar-refractivity contribution in [2.75, 3.05) is 5.75 Å². The zero-order chi connectivity index (χ0) is 18.1. The maximum atomic E-state index is 13.8. The van der Waals surface area contributed by atoms with E-state index >= 15 is 0 Å². The number of rotatable bonds is 4. The molecule has 2 aliphatic rings. The maximum absolute atomic E-state index is 13.8. The fraction of sp³-hybridized carbons (Fsp3) is 0.300. The van der Waals surface area contributed by atoms with Gasteiger partial charge in [-0.1, -0.05) is 48.5 Å². The van der Waals surface area contributed by atoms with Crippen LogP contribution in [0, 0.1) is 5.82 Å². The summed E-state index contributed by atoms with van der Waals surface area (Å²) >= 11 is 1.65. The molecule has 0 bridgehead atoms. The van der Waals surface area contributed by atoms with Crippen molar-refractivity contribution < 1.29 is 14.0 Å². The summed E-state index contributed by atoms with van der Waals surface area (Å²) in [5.74, 6) is -0.0211. The molecule has 2 amide bonds. The maximum Gasteiger partial charge on any atom is 0.244 e. The first-order valence-corrected chi connectivity index (χ1v) is 9.63. The topological polar surface area (TPSA) is 49.4 Å². The average molecular weight is 370 g/mol. The minimum absolute atomic E-state index is 0.00453. The van der Waals surface area contributed by atoms with Gasteiger partial charge in [0.25, 0.3) is 0 Å². The van der Waals surface area contributed by atoms with Gasteiger partial charge in [-0.2, -0.15) is 0 Å². The lowest BCUT2D eigenvalue weighted by Crippen LogP contribution is -2.49. The molecule has 0 saturated carbocycles. The Morgan fingerprint density at radius 2 is 1.92 bits per heavy atom. The molecule has 2 atom stereocenters. The summed E-state index contributed by atoms with van der Waals surface area (Å²) in [6, 6.07) is 15.7. The van der Waals surface area contributed by atoms with E-state index in [1.54, 1.807) is 34.9 Å². The van der Waals surface area contributed by atoms with Crippen LogP contribution in [0.15, 0.2) is 54.6 Å². The summed E-state index contributed by atoms with van der Waals surface area (Å²) in [5, 5.41) is 2.80. The van der Waals surface area contributed by atoms with Crippen LogP contribution in [0.3, 0.4) is 0 Å². The lowest BCUT2D eigenvalue weighted by Gasteiger charge is -2.34. The van der Waals surface area contributed by atoms with Crippen molar-refractivity contribution in [3.63, 3.8) is 0 Å². The first-order chi connectivity index (χ1) is 12.6. The van der Waals surface area contributed by atoms with Crippen molar-refractivity contribution in [2.24, 2.45) is 0 Å². The quantitative estimate of drug-likeness (QED) is 0.900. The third-order valence-corrected chi connectivity index (χ3v) is 6.66. The molecule has 26 heavy (non-hydrogen) atoms. The van der Waals surface area contributed by atoms with Gasteiger partial charge in [0.1, 0.15) is 16.7 Å². The fourth-order valence-electron chi connectivity index (χ4n) is 3.78. The monoisotopic (exact) mass is 370 g/mol. The smallest absolute Gasteiger partial charge is 0.244 e. The molecule has 0 radical (unpaired) electrons. The van der Waals surface area contributed by atoms with Crippen molar-refractivity contribution in [3.8, 4) is 0 Å². The third kappa shape index (κ3) is 2.78. The van der Waals surface area contributed by atoms with E-state index in [-0.39, 0.29) is 24.2 Å². The summed E-state index contributed by atoms with van der Waals surface area (Å²) in [7, 11) is 0. The molecule has 4 nitrogen and oxygen atoms in total. The second-order valence-electron chi connectivity index (χ2n) is 6.55. The van der Waals surface area contributed by atoms with E-state index in [4.69, 9.17) is 0 Å². The number of carbonyl (C=O) groups is 2. The summed E-state index contributed by atoms with van der Waals surface area (Å²) in [6.07, 6.45) is 1.15. The van der Waals surface area contributed by atoms with Gasteiger partial charge < -0.3 is 10.2 Å². The first-order valence-electron chi connectivity index (χ1n) is 8.64. The van der Waals surface area contributed by atoms with Crippen molar-refractivity contribution >= 4 is 23.6 Å². The number of nitrogens with one attached hydrogen (secondary N) is 1. The highest BCUT2D eigenvalue weighted by Gasteiger charge is 2.56. The number of hydrogen-bond acceptors (Lipinski definition) is 3. The molecule has 0 spiro atoms. The summed E-state index contributed by atoms with van der Waals surface area (Å²) in [4.78, 5) is 26.6. The van der Waals surface area contributed by atoms with Crippen molar-refractivity contribution in [1.82, 2.24) is 10.2 Å². The Morgan fingerprint density at radius 3 is 2.69 bits per heavy atom. The molecule has 2 aromatic rings. The number of benzene rings is 2. The number of fused-ring (bicyclic) bond motifs is 1. The fourth-order valence-corrected chi connectivity index (χ4v) is 5.43. The van der Waals surface area contributed by atoms with Crippen LogP contribution in [0.1, 0.15) is 24.0 Å². The Bertz CT molecular complexity index is 845.